The van der Waals surface area contributed by atoms with Crippen LogP contribution in [0.15, 0.2) is 47.4 Å². The zero-order valence-electron chi connectivity index (χ0n) is 14.1. The summed E-state index contributed by atoms with van der Waals surface area (Å²) in [5.74, 6) is 0.409. The van der Waals surface area contributed by atoms with Gasteiger partial charge in [0.05, 0.1) is 17.2 Å². The fourth-order valence-electron chi connectivity index (χ4n) is 2.72. The van der Waals surface area contributed by atoms with E-state index in [0.29, 0.717) is 17.9 Å². The summed E-state index contributed by atoms with van der Waals surface area (Å²) < 4.78 is 6.78. The van der Waals surface area contributed by atoms with Crippen molar-refractivity contribution >= 4 is 51.6 Å². The second kappa shape index (κ2) is 8.26. The maximum absolute atomic E-state index is 12.9. The van der Waals surface area contributed by atoms with E-state index in [0.717, 1.165) is 21.4 Å². The molecule has 1 aliphatic heterocycles. The molecule has 1 amide bonds. The average molecular weight is 484 g/mol. The van der Waals surface area contributed by atoms with E-state index in [1.54, 1.807) is 18.0 Å². The van der Waals surface area contributed by atoms with Crippen molar-refractivity contribution in [2.75, 3.05) is 23.0 Å². The fraction of sp³-hybridized carbons (Fsp3) is 0.278. The second-order valence-electron chi connectivity index (χ2n) is 5.73. The number of thioether (sulfide) groups is 1. The maximum atomic E-state index is 12.9. The Morgan fingerprint density at radius 3 is 2.81 bits per heavy atom. The number of ether oxygens (including phenoxy) is 1. The van der Waals surface area contributed by atoms with Gasteiger partial charge in [-0.2, -0.15) is 0 Å². The van der Waals surface area contributed by atoms with Crippen molar-refractivity contribution in [3.63, 3.8) is 0 Å². The van der Waals surface area contributed by atoms with Crippen LogP contribution in [0.3, 0.4) is 0 Å². The van der Waals surface area contributed by atoms with Crippen molar-refractivity contribution in [1.29, 1.82) is 0 Å². The highest BCUT2D eigenvalue weighted by molar-refractivity contribution is 14.1. The van der Waals surface area contributed by atoms with Gasteiger partial charge in [0.2, 0.25) is 5.91 Å². The summed E-state index contributed by atoms with van der Waals surface area (Å²) in [6, 6.07) is 12.1. The van der Waals surface area contributed by atoms with Crippen molar-refractivity contribution in [2.24, 2.45) is 0 Å². The van der Waals surface area contributed by atoms with Gasteiger partial charge >= 0.3 is 0 Å². The van der Waals surface area contributed by atoms with Gasteiger partial charge in [0, 0.05) is 34.1 Å². The van der Waals surface area contributed by atoms with Gasteiger partial charge in [-0.05, 0) is 24.6 Å². The summed E-state index contributed by atoms with van der Waals surface area (Å²) in [5.41, 5.74) is 1.34. The largest absolute Gasteiger partial charge is 0.493 e. The number of nitro groups is 1. The molecule has 2 aromatic rings. The van der Waals surface area contributed by atoms with E-state index in [1.165, 1.54) is 23.9 Å². The molecule has 0 fully saturated rings. The number of rotatable bonds is 6. The fourth-order valence-corrected chi connectivity index (χ4v) is 4.34. The van der Waals surface area contributed by atoms with Crippen LogP contribution in [0.2, 0.25) is 0 Å². The number of alkyl halides is 1. The van der Waals surface area contributed by atoms with Gasteiger partial charge in [0.25, 0.3) is 5.69 Å². The first-order valence-corrected chi connectivity index (χ1v) is 10.4. The molecule has 0 N–H and O–H groups in total. The molecule has 0 saturated heterocycles. The van der Waals surface area contributed by atoms with E-state index >= 15 is 0 Å². The van der Waals surface area contributed by atoms with Crippen molar-refractivity contribution in [2.45, 2.75) is 16.6 Å². The Kier molecular flexibility index (Phi) is 6.02. The van der Waals surface area contributed by atoms with E-state index in [1.807, 2.05) is 24.3 Å². The minimum absolute atomic E-state index is 0.0452. The van der Waals surface area contributed by atoms with Gasteiger partial charge in [-0.25, -0.2) is 0 Å². The quantitative estimate of drug-likeness (QED) is 0.197. The first-order valence-electron chi connectivity index (χ1n) is 8.03. The molecule has 0 radical (unpaired) electrons. The number of para-hydroxylation sites is 1. The van der Waals surface area contributed by atoms with Crippen LogP contribution in [-0.2, 0) is 4.79 Å². The number of fused-ring (bicyclic) bond motifs is 1. The number of nitro benzene ring substituents is 1. The van der Waals surface area contributed by atoms with Crippen LogP contribution >= 0.6 is 34.4 Å². The van der Waals surface area contributed by atoms with E-state index in [4.69, 9.17) is 4.74 Å². The normalized spacial score (nSPS) is 16.3. The molecule has 0 saturated carbocycles. The average Bonchev–Trinajstić information content (AvgIpc) is 2.65. The number of benzene rings is 2. The van der Waals surface area contributed by atoms with Gasteiger partial charge in [-0.3, -0.25) is 14.9 Å². The zero-order chi connectivity index (χ0) is 18.7. The number of halogens is 1. The summed E-state index contributed by atoms with van der Waals surface area (Å²) in [6.45, 7) is 0.506. The Balaban J connectivity index is 2.02. The minimum atomic E-state index is -0.579. The topological polar surface area (TPSA) is 72.7 Å². The lowest BCUT2D eigenvalue weighted by Crippen LogP contribution is -2.33. The van der Waals surface area contributed by atoms with Gasteiger partial charge in [-0.1, -0.05) is 34.7 Å². The van der Waals surface area contributed by atoms with Gasteiger partial charge in [0.1, 0.15) is 11.0 Å². The smallest absolute Gasteiger partial charge is 0.270 e. The molecule has 136 valence electrons. The number of non-ortho nitro benzene ring substituents is 1. The molecule has 6 nitrogen and oxygen atoms in total. The van der Waals surface area contributed by atoms with Gasteiger partial charge < -0.3 is 9.64 Å². The summed E-state index contributed by atoms with van der Waals surface area (Å²) in [7, 11) is 1.72. The molecule has 0 bridgehead atoms. The molecule has 1 heterocycles. The lowest BCUT2D eigenvalue weighted by atomic mass is 10.1. The molecule has 3 rings (SSSR count). The number of carbonyl (C=O) groups excluding carboxylic acids is 1. The Morgan fingerprint density at radius 1 is 1.31 bits per heavy atom. The number of carbonyl (C=O) groups is 1. The molecular formula is C18H17IN2O4S. The summed E-state index contributed by atoms with van der Waals surface area (Å²) in [4.78, 5) is 26.3. The number of likely N-dealkylation sites (N-methyl/N-ethyl adjacent to an activating group) is 1. The first-order chi connectivity index (χ1) is 12.5. The van der Waals surface area contributed by atoms with Gasteiger partial charge in [0.15, 0.2) is 0 Å². The third-order valence-corrected chi connectivity index (χ3v) is 6.10. The number of amides is 1. The highest BCUT2D eigenvalue weighted by Gasteiger charge is 2.35. The third kappa shape index (κ3) is 3.80. The number of nitrogens with zero attached hydrogens (tertiary/aromatic N) is 2. The Bertz CT molecular complexity index is 846. The van der Waals surface area contributed by atoms with E-state index in [2.05, 4.69) is 22.6 Å². The molecule has 1 atom stereocenters. The molecule has 1 unspecified atom stereocenters. The number of hydrogen-bond donors (Lipinski definition) is 0. The van der Waals surface area contributed by atoms with Gasteiger partial charge in [-0.15, -0.1) is 11.8 Å². The van der Waals surface area contributed by atoms with E-state index in [-0.39, 0.29) is 11.6 Å². The lowest BCUT2D eigenvalue weighted by Gasteiger charge is -2.31. The monoisotopic (exact) mass is 484 g/mol. The van der Waals surface area contributed by atoms with Crippen LogP contribution in [0.1, 0.15) is 17.2 Å². The summed E-state index contributed by atoms with van der Waals surface area (Å²) in [5, 5.41) is 10.6. The van der Waals surface area contributed by atoms with Crippen LogP contribution in [-0.4, -0.2) is 28.9 Å². The van der Waals surface area contributed by atoms with Crippen LogP contribution in [0.4, 0.5) is 11.4 Å². The zero-order valence-corrected chi connectivity index (χ0v) is 17.0. The molecular weight excluding hydrogens is 467 g/mol. The number of anilines is 1. The van der Waals surface area contributed by atoms with Crippen molar-refractivity contribution in [1.82, 2.24) is 0 Å². The van der Waals surface area contributed by atoms with E-state index in [9.17, 15) is 14.9 Å². The summed E-state index contributed by atoms with van der Waals surface area (Å²) in [6.07, 6.45) is 0.867. The first kappa shape index (κ1) is 19.0. The number of hydrogen-bond acceptors (Lipinski definition) is 5. The molecule has 0 aliphatic carbocycles. The second-order valence-corrected chi connectivity index (χ2v) is 7.96. The SMILES string of the molecule is CN1C(=O)C(c2cc([N+](=O)[O-])ccc2OCCCI)Sc2ccccc21. The van der Waals surface area contributed by atoms with Crippen LogP contribution in [0.25, 0.3) is 0 Å². The van der Waals surface area contributed by atoms with Crippen LogP contribution < -0.4 is 9.64 Å². The maximum Gasteiger partial charge on any atom is 0.270 e. The standard InChI is InChI=1S/C18H17IN2O4S/c1-20-14-5-2-3-6-16(14)26-17(18(20)22)13-11-12(21(23)24)7-8-15(13)25-10-4-9-19/h2-3,5-8,11,17H,4,9-10H2,1H3. The van der Waals surface area contributed by atoms with Crippen molar-refractivity contribution in [3.05, 3.63) is 58.1 Å². The Morgan fingerprint density at radius 2 is 2.08 bits per heavy atom. The highest BCUT2D eigenvalue weighted by Crippen LogP contribution is 2.48. The molecule has 0 aromatic heterocycles. The highest BCUT2D eigenvalue weighted by atomic mass is 127. The molecule has 2 aromatic carbocycles. The van der Waals surface area contributed by atoms with E-state index < -0.39 is 10.2 Å². The minimum Gasteiger partial charge on any atom is -0.493 e. The predicted octanol–water partition coefficient (Wildman–Crippen LogP) is 4.61. The van der Waals surface area contributed by atoms with Crippen molar-refractivity contribution in [3.8, 4) is 5.75 Å². The lowest BCUT2D eigenvalue weighted by molar-refractivity contribution is -0.384. The summed E-state index contributed by atoms with van der Waals surface area (Å²) >= 11 is 3.67. The third-order valence-electron chi connectivity index (χ3n) is 4.05. The molecule has 1 aliphatic rings. The van der Waals surface area contributed by atoms with Crippen molar-refractivity contribution < 1.29 is 14.5 Å². The van der Waals surface area contributed by atoms with Crippen LogP contribution in [0, 0.1) is 10.1 Å². The molecule has 26 heavy (non-hydrogen) atoms. The predicted molar refractivity (Wildman–Crippen MR) is 111 cm³/mol. The Hall–Kier alpha value is -1.81. The van der Waals surface area contributed by atoms with Crippen LogP contribution in [0.5, 0.6) is 5.75 Å². The molecule has 0 spiro atoms. The Labute approximate surface area is 169 Å². The molecule has 8 heteroatoms.